The van der Waals surface area contributed by atoms with Crippen LogP contribution in [0.3, 0.4) is 0 Å². The molecule has 3 nitrogen and oxygen atoms in total. The van der Waals surface area contributed by atoms with Gasteiger partial charge in [-0.2, -0.15) is 0 Å². The number of carbonyl (C=O) groups is 1. The Morgan fingerprint density at radius 3 is 3.15 bits per heavy atom. The van der Waals surface area contributed by atoms with E-state index in [2.05, 4.69) is 4.98 Å². The summed E-state index contributed by atoms with van der Waals surface area (Å²) in [6.45, 7) is 0. The number of rotatable bonds is 1. The van der Waals surface area contributed by atoms with E-state index in [0.717, 1.165) is 26.9 Å². The van der Waals surface area contributed by atoms with Crippen LogP contribution < -0.4 is 0 Å². The molecule has 2 aromatic rings. The van der Waals surface area contributed by atoms with Crippen molar-refractivity contribution in [2.24, 2.45) is 0 Å². The van der Waals surface area contributed by atoms with Gasteiger partial charge in [-0.15, -0.1) is 11.3 Å². The maximum Gasteiger partial charge on any atom is 0.369 e. The van der Waals surface area contributed by atoms with E-state index in [4.69, 9.17) is 5.11 Å². The third-order valence-electron chi connectivity index (χ3n) is 1.52. The average Bonchev–Trinajstić information content (AvgIpc) is 2.51. The summed E-state index contributed by atoms with van der Waals surface area (Å²) >= 11 is 2.28. The van der Waals surface area contributed by atoms with Crippen LogP contribution in [0.15, 0.2) is 28.6 Å². The van der Waals surface area contributed by atoms with Crippen LogP contribution in [0, 0.1) is 0 Å². The SMILES string of the molecule is O=C(O)Sc1cccc2ncsc12. The number of fused-ring (bicyclic) bond motifs is 1. The largest absolute Gasteiger partial charge is 0.473 e. The predicted molar refractivity (Wildman–Crippen MR) is 53.5 cm³/mol. The molecule has 1 N–H and O–H groups in total. The summed E-state index contributed by atoms with van der Waals surface area (Å²) in [4.78, 5) is 15.3. The van der Waals surface area contributed by atoms with Gasteiger partial charge in [0.05, 0.1) is 15.7 Å². The number of thioether (sulfide) groups is 1. The molecule has 0 aliphatic heterocycles. The highest BCUT2D eigenvalue weighted by molar-refractivity contribution is 8.13. The molecule has 1 aromatic heterocycles. The summed E-state index contributed by atoms with van der Waals surface area (Å²) in [5.74, 6) is 0. The van der Waals surface area contributed by atoms with Crippen LogP contribution >= 0.6 is 23.1 Å². The number of carboxylic acid groups (broad SMARTS) is 1. The van der Waals surface area contributed by atoms with E-state index in [1.165, 1.54) is 11.3 Å². The van der Waals surface area contributed by atoms with Gasteiger partial charge in [-0.3, -0.25) is 0 Å². The van der Waals surface area contributed by atoms with E-state index in [-0.39, 0.29) is 0 Å². The molecule has 0 aliphatic rings. The fourth-order valence-electron chi connectivity index (χ4n) is 1.03. The van der Waals surface area contributed by atoms with Gasteiger partial charge in [0.15, 0.2) is 0 Å². The summed E-state index contributed by atoms with van der Waals surface area (Å²) in [5, 5.41) is 7.72. The van der Waals surface area contributed by atoms with Crippen molar-refractivity contribution in [3.8, 4) is 0 Å². The minimum atomic E-state index is -0.888. The van der Waals surface area contributed by atoms with E-state index < -0.39 is 5.30 Å². The quantitative estimate of drug-likeness (QED) is 0.736. The van der Waals surface area contributed by atoms with Gasteiger partial charge >= 0.3 is 5.30 Å². The molecule has 66 valence electrons. The molecule has 0 saturated carbocycles. The van der Waals surface area contributed by atoms with E-state index >= 15 is 0 Å². The van der Waals surface area contributed by atoms with Gasteiger partial charge in [0.2, 0.25) is 0 Å². The highest BCUT2D eigenvalue weighted by Crippen LogP contribution is 2.30. The van der Waals surface area contributed by atoms with E-state index in [1.807, 2.05) is 12.1 Å². The Bertz CT molecular complexity index is 452. The van der Waals surface area contributed by atoms with E-state index in [9.17, 15) is 4.79 Å². The van der Waals surface area contributed by atoms with Crippen molar-refractivity contribution in [2.45, 2.75) is 4.90 Å². The zero-order valence-corrected chi connectivity index (χ0v) is 8.06. The first-order chi connectivity index (χ1) is 6.27. The smallest absolute Gasteiger partial charge is 0.369 e. The van der Waals surface area contributed by atoms with Gasteiger partial charge in [-0.1, -0.05) is 6.07 Å². The van der Waals surface area contributed by atoms with Gasteiger partial charge < -0.3 is 5.11 Å². The molecular formula is C8H5NO2S2. The molecule has 1 heterocycles. The topological polar surface area (TPSA) is 50.2 Å². The van der Waals surface area contributed by atoms with Crippen molar-refractivity contribution in [2.75, 3.05) is 0 Å². The average molecular weight is 211 g/mol. The molecule has 13 heavy (non-hydrogen) atoms. The number of benzene rings is 1. The summed E-state index contributed by atoms with van der Waals surface area (Å²) in [6.07, 6.45) is 0. The van der Waals surface area contributed by atoms with Crippen LogP contribution in [0.5, 0.6) is 0 Å². The molecule has 0 unspecified atom stereocenters. The molecule has 0 spiro atoms. The van der Waals surface area contributed by atoms with Crippen molar-refractivity contribution in [3.63, 3.8) is 0 Å². The lowest BCUT2D eigenvalue weighted by atomic mass is 10.3. The molecule has 0 fully saturated rings. The maximum absolute atomic E-state index is 10.5. The van der Waals surface area contributed by atoms with Crippen LogP contribution in [0.25, 0.3) is 10.2 Å². The Morgan fingerprint density at radius 2 is 2.38 bits per heavy atom. The Balaban J connectivity index is 2.54. The number of thiazole rings is 1. The lowest BCUT2D eigenvalue weighted by Crippen LogP contribution is -1.82. The predicted octanol–water partition coefficient (Wildman–Crippen LogP) is 3.07. The van der Waals surface area contributed by atoms with Gasteiger partial charge in [-0.05, 0) is 23.9 Å². The molecule has 2 rings (SSSR count). The molecule has 0 saturated heterocycles. The second kappa shape index (κ2) is 3.35. The van der Waals surface area contributed by atoms with Crippen molar-refractivity contribution >= 4 is 38.6 Å². The normalized spacial score (nSPS) is 10.5. The van der Waals surface area contributed by atoms with Gasteiger partial charge in [0.25, 0.3) is 0 Å². The number of nitrogens with zero attached hydrogens (tertiary/aromatic N) is 1. The molecule has 0 aliphatic carbocycles. The molecule has 0 bridgehead atoms. The second-order valence-electron chi connectivity index (χ2n) is 2.32. The van der Waals surface area contributed by atoms with Crippen molar-refractivity contribution in [1.82, 2.24) is 4.98 Å². The lowest BCUT2D eigenvalue weighted by Gasteiger charge is -1.95. The number of hydrogen-bond donors (Lipinski definition) is 1. The van der Waals surface area contributed by atoms with Crippen molar-refractivity contribution in [3.05, 3.63) is 23.7 Å². The van der Waals surface area contributed by atoms with Crippen LogP contribution in [-0.4, -0.2) is 15.4 Å². The molecular weight excluding hydrogens is 206 g/mol. The first-order valence-corrected chi connectivity index (χ1v) is 5.20. The van der Waals surface area contributed by atoms with Crippen LogP contribution in [0.1, 0.15) is 0 Å². The standard InChI is InChI=1S/C8H5NO2S2/c10-8(11)13-6-3-1-2-5-7(6)12-4-9-5/h1-4H,(H,10,11). The van der Waals surface area contributed by atoms with Gasteiger partial charge in [-0.25, -0.2) is 9.78 Å². The summed E-state index contributed by atoms with van der Waals surface area (Å²) in [7, 11) is 0. The molecule has 0 atom stereocenters. The first-order valence-electron chi connectivity index (χ1n) is 3.50. The summed E-state index contributed by atoms with van der Waals surface area (Å²) in [6, 6.07) is 5.48. The monoisotopic (exact) mass is 211 g/mol. The van der Waals surface area contributed by atoms with Crippen molar-refractivity contribution < 1.29 is 9.90 Å². The maximum atomic E-state index is 10.5. The zero-order valence-electron chi connectivity index (χ0n) is 6.43. The fourth-order valence-corrected chi connectivity index (χ4v) is 2.53. The van der Waals surface area contributed by atoms with E-state index in [1.54, 1.807) is 11.6 Å². The van der Waals surface area contributed by atoms with Crippen LogP contribution in [-0.2, 0) is 0 Å². The fraction of sp³-hybridized carbons (Fsp3) is 0. The first kappa shape index (κ1) is 8.52. The minimum Gasteiger partial charge on any atom is -0.473 e. The van der Waals surface area contributed by atoms with Gasteiger partial charge in [0, 0.05) is 4.90 Å². The molecule has 0 amide bonds. The number of hydrogen-bond acceptors (Lipinski definition) is 4. The third kappa shape index (κ3) is 1.66. The molecule has 5 heteroatoms. The van der Waals surface area contributed by atoms with E-state index in [0.29, 0.717) is 0 Å². The Labute approximate surface area is 82.4 Å². The molecule has 0 radical (unpaired) electrons. The lowest BCUT2D eigenvalue weighted by molar-refractivity contribution is 0.222. The third-order valence-corrected chi connectivity index (χ3v) is 3.26. The summed E-state index contributed by atoms with van der Waals surface area (Å²) in [5.41, 5.74) is 2.58. The highest BCUT2D eigenvalue weighted by atomic mass is 32.2. The second-order valence-corrected chi connectivity index (χ2v) is 4.17. The van der Waals surface area contributed by atoms with Gasteiger partial charge in [0.1, 0.15) is 0 Å². The summed E-state index contributed by atoms with van der Waals surface area (Å²) < 4.78 is 0.940. The van der Waals surface area contributed by atoms with Crippen LogP contribution in [0.2, 0.25) is 0 Å². The number of aromatic nitrogens is 1. The Kier molecular flexibility index (Phi) is 2.20. The minimum absolute atomic E-state index is 0.757. The highest BCUT2D eigenvalue weighted by Gasteiger charge is 2.07. The van der Waals surface area contributed by atoms with Crippen LogP contribution in [0.4, 0.5) is 4.79 Å². The Morgan fingerprint density at radius 1 is 1.54 bits per heavy atom. The van der Waals surface area contributed by atoms with Crippen molar-refractivity contribution in [1.29, 1.82) is 0 Å². The molecule has 1 aromatic carbocycles. The Hall–Kier alpha value is -1.07. The zero-order chi connectivity index (χ0) is 9.26.